The summed E-state index contributed by atoms with van der Waals surface area (Å²) in [6.07, 6.45) is 10.3. The Morgan fingerprint density at radius 1 is 0.941 bits per heavy atom. The first-order valence-electron chi connectivity index (χ1n) is 13.0. The van der Waals surface area contributed by atoms with E-state index in [9.17, 15) is 4.79 Å². The van der Waals surface area contributed by atoms with E-state index in [0.29, 0.717) is 17.0 Å². The quantitative estimate of drug-likeness (QED) is 0.249. The number of methoxy groups -OCH3 is 1. The summed E-state index contributed by atoms with van der Waals surface area (Å²) in [6, 6.07) is 17.7. The molecular weight excluding hydrogens is 488 g/mol. The molecule has 5 heteroatoms. The average molecular weight is 524 g/mol. The van der Waals surface area contributed by atoms with Crippen molar-refractivity contribution >= 4 is 27.6 Å². The molecule has 2 heterocycles. The van der Waals surface area contributed by atoms with Crippen LogP contribution in [-0.2, 0) is 4.74 Å². The molecule has 0 amide bonds. The molecule has 34 heavy (non-hydrogen) atoms. The van der Waals surface area contributed by atoms with E-state index in [1.54, 1.807) is 11.1 Å². The summed E-state index contributed by atoms with van der Waals surface area (Å²) in [6.45, 7) is 3.40. The number of hydrogen-bond donors (Lipinski definition) is 0. The summed E-state index contributed by atoms with van der Waals surface area (Å²) in [5.74, 6) is 0.538. The first kappa shape index (κ1) is 22.6. The third-order valence-electron chi connectivity index (χ3n) is 8.91. The first-order valence-corrected chi connectivity index (χ1v) is 13.8. The Hall–Kier alpha value is -1.85. The van der Waals surface area contributed by atoms with E-state index < -0.39 is 0 Å². The summed E-state index contributed by atoms with van der Waals surface area (Å²) in [4.78, 5) is 17.0. The normalized spacial score (nSPS) is 25.8. The van der Waals surface area contributed by atoms with Crippen LogP contribution in [-0.4, -0.2) is 42.1 Å². The van der Waals surface area contributed by atoms with Crippen LogP contribution in [0.1, 0.15) is 84.8 Å². The van der Waals surface area contributed by atoms with Crippen molar-refractivity contribution in [2.24, 2.45) is 5.41 Å². The van der Waals surface area contributed by atoms with E-state index in [4.69, 9.17) is 4.74 Å². The Morgan fingerprint density at radius 3 is 2.26 bits per heavy atom. The highest BCUT2D eigenvalue weighted by molar-refractivity contribution is 9.10. The number of esters is 1. The predicted molar refractivity (Wildman–Crippen MR) is 140 cm³/mol. The molecule has 1 atom stereocenters. The van der Waals surface area contributed by atoms with Crippen molar-refractivity contribution in [3.8, 4) is 0 Å². The van der Waals surface area contributed by atoms with Crippen LogP contribution in [0.15, 0.2) is 48.5 Å². The Bertz CT molecular complexity index is 1050. The highest BCUT2D eigenvalue weighted by atomic mass is 79.9. The molecule has 0 aromatic heterocycles. The Morgan fingerprint density at radius 2 is 1.62 bits per heavy atom. The molecule has 180 valence electrons. The fraction of sp³-hybridized carbons (Fsp3) is 0.552. The van der Waals surface area contributed by atoms with E-state index in [2.05, 4.69) is 62.1 Å². The van der Waals surface area contributed by atoms with Gasteiger partial charge in [-0.15, -0.1) is 0 Å². The van der Waals surface area contributed by atoms with Crippen LogP contribution in [0.25, 0.3) is 0 Å². The van der Waals surface area contributed by atoms with Gasteiger partial charge in [-0.1, -0.05) is 40.2 Å². The second-order valence-electron chi connectivity index (χ2n) is 11.1. The number of hydrogen-bond acceptors (Lipinski definition) is 4. The van der Waals surface area contributed by atoms with Gasteiger partial charge in [0.05, 0.1) is 17.1 Å². The molecule has 2 saturated carbocycles. The maximum Gasteiger partial charge on any atom is 0.337 e. The molecule has 0 radical (unpaired) electrons. The zero-order valence-corrected chi connectivity index (χ0v) is 21.7. The molecule has 4 nitrogen and oxygen atoms in total. The van der Waals surface area contributed by atoms with Crippen molar-refractivity contribution in [3.05, 3.63) is 65.2 Å². The maximum absolute atomic E-state index is 11.7. The summed E-state index contributed by atoms with van der Waals surface area (Å²) in [7, 11) is 1.43. The predicted octanol–water partition coefficient (Wildman–Crippen LogP) is 6.66. The van der Waals surface area contributed by atoms with Gasteiger partial charge < -0.3 is 9.64 Å². The van der Waals surface area contributed by atoms with Gasteiger partial charge >= 0.3 is 5.97 Å². The van der Waals surface area contributed by atoms with Gasteiger partial charge in [0.25, 0.3) is 0 Å². The fourth-order valence-electron chi connectivity index (χ4n) is 6.97. The van der Waals surface area contributed by atoms with Crippen LogP contribution in [0.5, 0.6) is 0 Å². The van der Waals surface area contributed by atoms with E-state index in [1.807, 2.05) is 12.1 Å². The van der Waals surface area contributed by atoms with Crippen LogP contribution >= 0.6 is 15.9 Å². The topological polar surface area (TPSA) is 32.8 Å². The average Bonchev–Trinajstić information content (AvgIpc) is 3.58. The number of piperidine rings is 1. The number of benzene rings is 2. The van der Waals surface area contributed by atoms with Crippen LogP contribution in [0.3, 0.4) is 0 Å². The lowest BCUT2D eigenvalue weighted by molar-refractivity contribution is -0.0410. The minimum absolute atomic E-state index is 0.162. The standard InChI is InChI=1S/C29H35BrN2O2/c1-34-27(33)22-10-12-23(13-11-22)31-17-14-28(15-18-31)19-29(30,20-28)32-16-4-7-26(32)25-6-3-2-5-24(25)21-8-9-21/h2-3,5-6,10-13,21,26H,4,7-9,14-20H2,1H3/t26-/m0/s1. The summed E-state index contributed by atoms with van der Waals surface area (Å²) < 4.78 is 4.99. The van der Waals surface area contributed by atoms with Gasteiger partial charge in [-0.2, -0.15) is 0 Å². The number of alkyl halides is 1. The van der Waals surface area contributed by atoms with Gasteiger partial charge in [0.2, 0.25) is 0 Å². The Kier molecular flexibility index (Phi) is 5.76. The second-order valence-corrected chi connectivity index (χ2v) is 12.5. The molecule has 1 spiro atoms. The van der Waals surface area contributed by atoms with Crippen molar-refractivity contribution in [2.45, 2.75) is 67.8 Å². The van der Waals surface area contributed by atoms with Gasteiger partial charge in [-0.3, -0.25) is 4.90 Å². The summed E-state index contributed by atoms with van der Waals surface area (Å²) in [5, 5.41) is 0. The summed E-state index contributed by atoms with van der Waals surface area (Å²) >= 11 is 4.28. The number of anilines is 1. The van der Waals surface area contributed by atoms with Crippen molar-refractivity contribution in [1.29, 1.82) is 0 Å². The molecule has 2 aromatic rings. The van der Waals surface area contributed by atoms with Crippen LogP contribution < -0.4 is 4.90 Å². The number of rotatable bonds is 5. The zero-order chi connectivity index (χ0) is 23.3. The van der Waals surface area contributed by atoms with Gasteiger partial charge in [0.15, 0.2) is 0 Å². The van der Waals surface area contributed by atoms with Crippen molar-refractivity contribution in [3.63, 3.8) is 0 Å². The molecule has 2 aromatic carbocycles. The lowest BCUT2D eigenvalue weighted by atomic mass is 9.59. The number of likely N-dealkylation sites (tertiary alicyclic amines) is 1. The molecule has 2 saturated heterocycles. The molecule has 0 N–H and O–H groups in total. The first-order chi connectivity index (χ1) is 16.5. The van der Waals surface area contributed by atoms with Crippen LogP contribution in [0.2, 0.25) is 0 Å². The minimum atomic E-state index is -0.271. The zero-order valence-electron chi connectivity index (χ0n) is 20.1. The number of carbonyl (C=O) groups excluding carboxylic acids is 1. The van der Waals surface area contributed by atoms with Gasteiger partial charge in [0, 0.05) is 31.4 Å². The number of carbonyl (C=O) groups is 1. The molecule has 4 fully saturated rings. The maximum atomic E-state index is 11.7. The second kappa shape index (κ2) is 8.67. The van der Waals surface area contributed by atoms with Crippen LogP contribution in [0, 0.1) is 5.41 Å². The SMILES string of the molecule is COC(=O)c1ccc(N2CCC3(CC2)CC(Br)(N2CCC[C@H]2c2ccccc2C2CC2)C3)cc1. The fourth-order valence-corrected chi connectivity index (χ4v) is 8.58. The molecule has 6 rings (SSSR count). The monoisotopic (exact) mass is 522 g/mol. The Labute approximate surface area is 211 Å². The minimum Gasteiger partial charge on any atom is -0.465 e. The number of halogens is 1. The summed E-state index contributed by atoms with van der Waals surface area (Å²) in [5.41, 5.74) is 5.52. The Balaban J connectivity index is 1.10. The largest absolute Gasteiger partial charge is 0.465 e. The molecule has 2 aliphatic heterocycles. The van der Waals surface area contributed by atoms with Gasteiger partial charge in [-0.05, 0) is 98.1 Å². The number of ether oxygens (including phenoxy) is 1. The highest BCUT2D eigenvalue weighted by Gasteiger charge is 2.58. The molecular formula is C29H35BrN2O2. The van der Waals surface area contributed by atoms with Crippen molar-refractivity contribution < 1.29 is 9.53 Å². The highest BCUT2D eigenvalue weighted by Crippen LogP contribution is 2.63. The van der Waals surface area contributed by atoms with Crippen LogP contribution in [0.4, 0.5) is 5.69 Å². The lowest BCUT2D eigenvalue weighted by Gasteiger charge is -2.61. The van der Waals surface area contributed by atoms with Crippen molar-refractivity contribution in [2.75, 3.05) is 31.6 Å². The van der Waals surface area contributed by atoms with Gasteiger partial charge in [-0.25, -0.2) is 4.79 Å². The molecule has 2 aliphatic carbocycles. The van der Waals surface area contributed by atoms with Crippen molar-refractivity contribution in [1.82, 2.24) is 4.90 Å². The smallest absolute Gasteiger partial charge is 0.337 e. The number of nitrogens with zero attached hydrogens (tertiary/aromatic N) is 2. The van der Waals surface area contributed by atoms with E-state index in [0.717, 1.165) is 19.0 Å². The third-order valence-corrected chi connectivity index (χ3v) is 9.93. The molecule has 0 bridgehead atoms. The van der Waals surface area contributed by atoms with E-state index in [-0.39, 0.29) is 10.4 Å². The van der Waals surface area contributed by atoms with E-state index in [1.165, 1.54) is 70.7 Å². The molecule has 4 aliphatic rings. The van der Waals surface area contributed by atoms with Gasteiger partial charge in [0.1, 0.15) is 0 Å². The van der Waals surface area contributed by atoms with E-state index >= 15 is 0 Å². The lowest BCUT2D eigenvalue weighted by Crippen LogP contribution is -2.60. The molecule has 0 unspecified atom stereocenters. The third kappa shape index (κ3) is 3.99.